The Bertz CT molecular complexity index is 1680. The van der Waals surface area contributed by atoms with Gasteiger partial charge in [0.2, 0.25) is 5.91 Å². The first-order valence-corrected chi connectivity index (χ1v) is 16.5. The number of benzene rings is 3. The van der Waals surface area contributed by atoms with Crippen molar-refractivity contribution in [3.05, 3.63) is 86.7 Å². The van der Waals surface area contributed by atoms with E-state index in [1.807, 2.05) is 18.2 Å². The van der Waals surface area contributed by atoms with Crippen molar-refractivity contribution in [1.29, 1.82) is 0 Å². The summed E-state index contributed by atoms with van der Waals surface area (Å²) in [5.41, 5.74) is 3.28. The summed E-state index contributed by atoms with van der Waals surface area (Å²) in [7, 11) is 0. The average molecular weight is 701 g/mol. The number of rotatable bonds is 12. The number of amides is 2. The molecule has 2 heterocycles. The molecule has 0 saturated carbocycles. The van der Waals surface area contributed by atoms with E-state index in [-0.39, 0.29) is 31.2 Å². The van der Waals surface area contributed by atoms with Crippen LogP contribution in [-0.2, 0) is 25.5 Å². The van der Waals surface area contributed by atoms with Crippen LogP contribution in [0.5, 0.6) is 5.75 Å². The number of ether oxygens (including phenoxy) is 2. The summed E-state index contributed by atoms with van der Waals surface area (Å²) in [5, 5.41) is 12.9. The summed E-state index contributed by atoms with van der Waals surface area (Å²) in [6.07, 6.45) is 1.60. The lowest BCUT2D eigenvalue weighted by Gasteiger charge is -2.26. The van der Waals surface area contributed by atoms with E-state index in [0.717, 1.165) is 42.5 Å². The zero-order valence-corrected chi connectivity index (χ0v) is 27.8. The molecular formula is C33H31Cl2N3O6S2. The van der Waals surface area contributed by atoms with Crippen LogP contribution in [0.2, 0.25) is 10.0 Å². The minimum atomic E-state index is -0.961. The summed E-state index contributed by atoms with van der Waals surface area (Å²) in [6, 6.07) is 17.5. The zero-order valence-electron chi connectivity index (χ0n) is 24.7. The fourth-order valence-electron chi connectivity index (χ4n) is 4.99. The van der Waals surface area contributed by atoms with Crippen LogP contribution in [-0.4, -0.2) is 83.0 Å². The van der Waals surface area contributed by atoms with Gasteiger partial charge in [0.05, 0.1) is 24.5 Å². The first-order chi connectivity index (χ1) is 22.2. The van der Waals surface area contributed by atoms with Crippen molar-refractivity contribution in [3.8, 4) is 16.9 Å². The van der Waals surface area contributed by atoms with Gasteiger partial charge in [-0.1, -0.05) is 65.4 Å². The highest BCUT2D eigenvalue weighted by molar-refractivity contribution is 8.26. The van der Waals surface area contributed by atoms with Crippen molar-refractivity contribution < 1.29 is 29.0 Å². The van der Waals surface area contributed by atoms with Crippen LogP contribution >= 0.6 is 47.2 Å². The summed E-state index contributed by atoms with van der Waals surface area (Å²) >= 11 is 19.4. The maximum atomic E-state index is 13.5. The summed E-state index contributed by atoms with van der Waals surface area (Å²) in [4.78, 5) is 41.3. The lowest BCUT2D eigenvalue weighted by molar-refractivity contribution is -0.136. The smallest absolute Gasteiger partial charge is 0.307 e. The zero-order chi connectivity index (χ0) is 32.6. The van der Waals surface area contributed by atoms with Crippen molar-refractivity contribution >= 4 is 81.0 Å². The third kappa shape index (κ3) is 9.09. The Kier molecular flexibility index (Phi) is 11.7. The average Bonchev–Trinajstić information content (AvgIpc) is 3.29. The van der Waals surface area contributed by atoms with Crippen molar-refractivity contribution in [3.63, 3.8) is 0 Å². The van der Waals surface area contributed by atoms with Crippen LogP contribution in [0.15, 0.2) is 65.6 Å². The van der Waals surface area contributed by atoms with E-state index in [9.17, 15) is 14.4 Å². The minimum Gasteiger partial charge on any atom is -0.492 e. The van der Waals surface area contributed by atoms with Gasteiger partial charge >= 0.3 is 5.97 Å². The molecule has 46 heavy (non-hydrogen) atoms. The van der Waals surface area contributed by atoms with E-state index in [0.29, 0.717) is 61.7 Å². The Morgan fingerprint density at radius 1 is 1.07 bits per heavy atom. The van der Waals surface area contributed by atoms with Crippen LogP contribution in [0.1, 0.15) is 17.5 Å². The number of morpholine rings is 1. The number of hydrogen-bond donors (Lipinski definition) is 2. The number of carbonyl (C=O) groups is 3. The Balaban J connectivity index is 1.30. The molecule has 240 valence electrons. The molecule has 5 rings (SSSR count). The monoisotopic (exact) mass is 699 g/mol. The number of carbonyl (C=O) groups excluding carboxylic acids is 2. The maximum absolute atomic E-state index is 13.5. The SMILES string of the molecule is O=C(O)Cc1cccc(NC(=O)CCN2C(=O)C(=Cc3cc(-c4cc(Cl)ccc4Cl)ccc3OCCN3CCOCC3)SC2=S)c1. The number of halogens is 2. The Morgan fingerprint density at radius 2 is 1.87 bits per heavy atom. The van der Waals surface area contributed by atoms with E-state index in [2.05, 4.69) is 10.2 Å². The molecule has 0 aliphatic carbocycles. The highest BCUT2D eigenvalue weighted by atomic mass is 35.5. The standard InChI is InChI=1S/C33H31Cl2N3O6S2/c34-24-5-6-27(35)26(20-24)22-4-7-28(44-15-12-37-10-13-43-14-11-37)23(18-22)19-29-32(42)38(33(45)46-29)9-8-30(39)36-25-3-1-2-21(16-25)17-31(40)41/h1-7,16,18-20H,8-15,17H2,(H,36,39)(H,40,41). The van der Waals surface area contributed by atoms with Gasteiger partial charge in [0.1, 0.15) is 16.7 Å². The number of aliphatic carboxylic acids is 1. The van der Waals surface area contributed by atoms with Gasteiger partial charge in [-0.3, -0.25) is 24.2 Å². The molecule has 3 aromatic carbocycles. The number of thioether (sulfide) groups is 1. The van der Waals surface area contributed by atoms with E-state index in [1.165, 1.54) is 4.90 Å². The largest absolute Gasteiger partial charge is 0.492 e. The van der Waals surface area contributed by atoms with Gasteiger partial charge in [-0.05, 0) is 59.7 Å². The predicted molar refractivity (Wildman–Crippen MR) is 186 cm³/mol. The molecule has 2 fully saturated rings. The van der Waals surface area contributed by atoms with Crippen LogP contribution in [0.25, 0.3) is 17.2 Å². The third-order valence-corrected chi connectivity index (χ3v) is 9.25. The molecule has 3 aromatic rings. The molecule has 0 unspecified atom stereocenters. The van der Waals surface area contributed by atoms with E-state index >= 15 is 0 Å². The van der Waals surface area contributed by atoms with Crippen molar-refractivity contribution in [2.45, 2.75) is 12.8 Å². The Morgan fingerprint density at radius 3 is 2.65 bits per heavy atom. The molecule has 2 saturated heterocycles. The predicted octanol–water partition coefficient (Wildman–Crippen LogP) is 6.23. The van der Waals surface area contributed by atoms with E-state index in [1.54, 1.807) is 48.5 Å². The molecule has 0 spiro atoms. The first kappa shape index (κ1) is 33.9. The van der Waals surface area contributed by atoms with E-state index in [4.69, 9.17) is 50.0 Å². The van der Waals surface area contributed by atoms with Gasteiger partial charge in [0.25, 0.3) is 5.91 Å². The number of hydrogen-bond acceptors (Lipinski definition) is 8. The number of thiocarbonyl (C=S) groups is 1. The summed E-state index contributed by atoms with van der Waals surface area (Å²) in [5.74, 6) is -0.994. The first-order valence-electron chi connectivity index (χ1n) is 14.5. The lowest BCUT2D eigenvalue weighted by atomic mass is 10.0. The normalized spacial score (nSPS) is 16.2. The topological polar surface area (TPSA) is 108 Å². The van der Waals surface area contributed by atoms with Crippen molar-refractivity contribution in [2.75, 3.05) is 51.3 Å². The van der Waals surface area contributed by atoms with Gasteiger partial charge in [0, 0.05) is 59.5 Å². The second-order valence-electron chi connectivity index (χ2n) is 10.6. The molecule has 2 N–H and O–H groups in total. The third-order valence-electron chi connectivity index (χ3n) is 7.31. The number of anilines is 1. The second kappa shape index (κ2) is 15.9. The fraction of sp³-hybridized carbons (Fsp3) is 0.273. The molecule has 9 nitrogen and oxygen atoms in total. The van der Waals surface area contributed by atoms with Gasteiger partial charge in [-0.2, -0.15) is 0 Å². The Hall–Kier alpha value is -3.45. The van der Waals surface area contributed by atoms with Crippen molar-refractivity contribution in [1.82, 2.24) is 9.80 Å². The second-order valence-corrected chi connectivity index (χ2v) is 13.1. The van der Waals surface area contributed by atoms with Crippen molar-refractivity contribution in [2.24, 2.45) is 0 Å². The molecule has 2 aliphatic rings. The van der Waals surface area contributed by atoms with Gasteiger partial charge in [-0.25, -0.2) is 0 Å². The quantitative estimate of drug-likeness (QED) is 0.168. The minimum absolute atomic E-state index is 0.00152. The number of nitrogens with one attached hydrogen (secondary N) is 1. The summed E-state index contributed by atoms with van der Waals surface area (Å²) in [6.45, 7) is 4.36. The van der Waals surface area contributed by atoms with E-state index < -0.39 is 5.97 Å². The molecule has 0 aromatic heterocycles. The van der Waals surface area contributed by atoms with Gasteiger partial charge in [0.15, 0.2) is 0 Å². The maximum Gasteiger partial charge on any atom is 0.307 e. The molecular weight excluding hydrogens is 669 g/mol. The van der Waals surface area contributed by atoms with Crippen LogP contribution < -0.4 is 10.1 Å². The molecule has 2 amide bonds. The fourth-order valence-corrected chi connectivity index (χ4v) is 6.69. The van der Waals surface area contributed by atoms with Gasteiger partial charge < -0.3 is 19.9 Å². The van der Waals surface area contributed by atoms with Crippen LogP contribution in [0, 0.1) is 0 Å². The van der Waals surface area contributed by atoms with Gasteiger partial charge in [-0.15, -0.1) is 0 Å². The highest BCUT2D eigenvalue weighted by Gasteiger charge is 2.32. The Labute approximate surface area is 286 Å². The molecule has 0 atom stereocenters. The number of carboxylic acids is 1. The highest BCUT2D eigenvalue weighted by Crippen LogP contribution is 2.37. The molecule has 2 aliphatic heterocycles. The summed E-state index contributed by atoms with van der Waals surface area (Å²) < 4.78 is 12.0. The lowest BCUT2D eigenvalue weighted by Crippen LogP contribution is -2.38. The number of carboxylic acid groups (broad SMARTS) is 1. The van der Waals surface area contributed by atoms with Crippen LogP contribution in [0.4, 0.5) is 5.69 Å². The molecule has 0 bridgehead atoms. The number of nitrogens with zero attached hydrogens (tertiary/aromatic N) is 2. The molecule has 0 radical (unpaired) electrons. The van der Waals surface area contributed by atoms with Crippen LogP contribution in [0.3, 0.4) is 0 Å². The molecule has 13 heteroatoms.